The lowest BCUT2D eigenvalue weighted by atomic mass is 9.86. The molecule has 0 unspecified atom stereocenters. The molecule has 0 bridgehead atoms. The third-order valence-corrected chi connectivity index (χ3v) is 6.77. The summed E-state index contributed by atoms with van der Waals surface area (Å²) in [7, 11) is 0. The van der Waals surface area contributed by atoms with Crippen LogP contribution in [0.1, 0.15) is 68.5 Å². The topological polar surface area (TPSA) is 49.4 Å². The first-order valence-corrected chi connectivity index (χ1v) is 10.9. The fraction of sp³-hybridized carbons (Fsp3) is 0.652. The molecule has 3 aliphatic rings. The fourth-order valence-corrected chi connectivity index (χ4v) is 4.77. The summed E-state index contributed by atoms with van der Waals surface area (Å²) in [6, 6.07) is 5.11. The number of nitrogens with zero attached hydrogens (tertiary/aromatic N) is 1. The smallest absolute Gasteiger partial charge is 0.226 e. The Morgan fingerprint density at radius 1 is 1.07 bits per heavy atom. The van der Waals surface area contributed by atoms with Crippen LogP contribution in [-0.4, -0.2) is 29.8 Å². The first kappa shape index (κ1) is 19.4. The van der Waals surface area contributed by atoms with E-state index in [1.54, 1.807) is 13.0 Å². The van der Waals surface area contributed by atoms with Crippen LogP contribution < -0.4 is 5.32 Å². The Labute approximate surface area is 166 Å². The summed E-state index contributed by atoms with van der Waals surface area (Å²) in [6.07, 6.45) is 8.06. The van der Waals surface area contributed by atoms with Crippen molar-refractivity contribution in [1.29, 1.82) is 0 Å². The second-order valence-corrected chi connectivity index (χ2v) is 8.96. The van der Waals surface area contributed by atoms with E-state index >= 15 is 0 Å². The first-order chi connectivity index (χ1) is 13.5. The number of hydrogen-bond acceptors (Lipinski definition) is 2. The second kappa shape index (κ2) is 8.22. The van der Waals surface area contributed by atoms with Gasteiger partial charge in [-0.1, -0.05) is 25.0 Å². The first-order valence-electron chi connectivity index (χ1n) is 10.9. The van der Waals surface area contributed by atoms with E-state index in [4.69, 9.17) is 0 Å². The predicted octanol–water partition coefficient (Wildman–Crippen LogP) is 4.13. The minimum absolute atomic E-state index is 0.0557. The quantitative estimate of drug-likeness (QED) is 0.827. The SMILES string of the molecule is Cc1cc([C@H]2CC[C@H](C(=O)NCC3CC3)CN2C(=O)C2CCCC2)ccc1F. The van der Waals surface area contributed by atoms with Crippen molar-refractivity contribution in [2.45, 2.75) is 64.3 Å². The Bertz CT molecular complexity index is 740. The number of piperidine rings is 1. The van der Waals surface area contributed by atoms with Crippen LogP contribution in [0.3, 0.4) is 0 Å². The Kier molecular flexibility index (Phi) is 5.70. The minimum Gasteiger partial charge on any atom is -0.356 e. The zero-order valence-corrected chi connectivity index (χ0v) is 16.8. The van der Waals surface area contributed by atoms with Crippen molar-refractivity contribution in [2.24, 2.45) is 17.8 Å². The van der Waals surface area contributed by atoms with E-state index in [-0.39, 0.29) is 35.5 Å². The van der Waals surface area contributed by atoms with Gasteiger partial charge in [-0.25, -0.2) is 4.39 Å². The molecule has 2 atom stereocenters. The van der Waals surface area contributed by atoms with Crippen molar-refractivity contribution in [3.63, 3.8) is 0 Å². The molecule has 4 rings (SSSR count). The summed E-state index contributed by atoms with van der Waals surface area (Å²) >= 11 is 0. The monoisotopic (exact) mass is 386 g/mol. The standard InChI is InChI=1S/C23H31FN2O2/c1-15-12-18(8-10-20(15)24)21-11-9-19(22(27)25-13-16-6-7-16)14-26(21)23(28)17-4-2-3-5-17/h8,10,12,16-17,19,21H,2-7,9,11,13-14H2,1H3,(H,25,27)/t19-,21+/m0/s1. The maximum Gasteiger partial charge on any atom is 0.226 e. The number of likely N-dealkylation sites (tertiary alicyclic amines) is 1. The lowest BCUT2D eigenvalue weighted by Crippen LogP contribution is -2.48. The summed E-state index contributed by atoms with van der Waals surface area (Å²) in [5.74, 6) is 0.650. The number of rotatable bonds is 5. The van der Waals surface area contributed by atoms with Crippen molar-refractivity contribution in [2.75, 3.05) is 13.1 Å². The van der Waals surface area contributed by atoms with Gasteiger partial charge in [0.25, 0.3) is 0 Å². The van der Waals surface area contributed by atoms with Crippen molar-refractivity contribution >= 4 is 11.8 Å². The van der Waals surface area contributed by atoms with Crippen molar-refractivity contribution in [3.05, 3.63) is 35.1 Å². The van der Waals surface area contributed by atoms with Crippen molar-refractivity contribution in [3.8, 4) is 0 Å². The number of benzene rings is 1. The Hall–Kier alpha value is -1.91. The molecule has 152 valence electrons. The summed E-state index contributed by atoms with van der Waals surface area (Å²) in [5, 5.41) is 3.09. The van der Waals surface area contributed by atoms with Gasteiger partial charge in [0.1, 0.15) is 5.82 Å². The van der Waals surface area contributed by atoms with Gasteiger partial charge in [-0.2, -0.15) is 0 Å². The van der Waals surface area contributed by atoms with Crippen LogP contribution in [0.4, 0.5) is 4.39 Å². The minimum atomic E-state index is -0.217. The molecule has 4 nitrogen and oxygen atoms in total. The summed E-state index contributed by atoms with van der Waals surface area (Å²) in [5.41, 5.74) is 1.59. The normalized spacial score (nSPS) is 25.7. The highest BCUT2D eigenvalue weighted by Gasteiger charge is 2.39. The van der Waals surface area contributed by atoms with Gasteiger partial charge in [0.2, 0.25) is 11.8 Å². The molecule has 0 aromatic heterocycles. The van der Waals surface area contributed by atoms with Gasteiger partial charge < -0.3 is 10.2 Å². The summed E-state index contributed by atoms with van der Waals surface area (Å²) < 4.78 is 13.8. The maximum absolute atomic E-state index is 13.8. The number of hydrogen-bond donors (Lipinski definition) is 1. The molecule has 3 fully saturated rings. The van der Waals surface area contributed by atoms with Crippen LogP contribution >= 0.6 is 0 Å². The molecule has 1 saturated heterocycles. The van der Waals surface area contributed by atoms with E-state index in [0.717, 1.165) is 50.6 Å². The number of carbonyl (C=O) groups excluding carboxylic acids is 2. The highest BCUT2D eigenvalue weighted by Crippen LogP contribution is 2.38. The van der Waals surface area contributed by atoms with Gasteiger partial charge in [-0.05, 0) is 68.6 Å². The van der Waals surface area contributed by atoms with Gasteiger partial charge in [0, 0.05) is 19.0 Å². The third-order valence-electron chi connectivity index (χ3n) is 6.77. The molecule has 2 amide bonds. The Morgan fingerprint density at radius 3 is 2.50 bits per heavy atom. The average Bonchev–Trinajstić information content (AvgIpc) is 3.38. The maximum atomic E-state index is 13.8. The largest absolute Gasteiger partial charge is 0.356 e. The van der Waals surface area contributed by atoms with E-state index in [0.29, 0.717) is 18.0 Å². The molecule has 0 radical (unpaired) electrons. The van der Waals surface area contributed by atoms with Crippen molar-refractivity contribution < 1.29 is 14.0 Å². The Balaban J connectivity index is 1.52. The summed E-state index contributed by atoms with van der Waals surface area (Å²) in [4.78, 5) is 27.9. The molecular formula is C23H31FN2O2. The highest BCUT2D eigenvalue weighted by atomic mass is 19.1. The van der Waals surface area contributed by atoms with E-state index in [1.807, 2.05) is 11.0 Å². The molecule has 2 aliphatic carbocycles. The molecule has 1 N–H and O–H groups in total. The molecular weight excluding hydrogens is 355 g/mol. The van der Waals surface area contributed by atoms with E-state index < -0.39 is 0 Å². The van der Waals surface area contributed by atoms with Gasteiger partial charge in [-0.15, -0.1) is 0 Å². The van der Waals surface area contributed by atoms with E-state index in [1.165, 1.54) is 18.9 Å². The molecule has 1 heterocycles. The number of nitrogens with one attached hydrogen (secondary N) is 1. The van der Waals surface area contributed by atoms with Crippen LogP contribution in [0.15, 0.2) is 18.2 Å². The van der Waals surface area contributed by atoms with Gasteiger partial charge in [-0.3, -0.25) is 9.59 Å². The zero-order valence-electron chi connectivity index (χ0n) is 16.8. The predicted molar refractivity (Wildman–Crippen MR) is 106 cm³/mol. The summed E-state index contributed by atoms with van der Waals surface area (Å²) in [6.45, 7) is 3.01. The third kappa shape index (κ3) is 4.23. The number of carbonyl (C=O) groups is 2. The van der Waals surface area contributed by atoms with Crippen molar-refractivity contribution in [1.82, 2.24) is 10.2 Å². The van der Waals surface area contributed by atoms with Gasteiger partial charge >= 0.3 is 0 Å². The molecule has 1 aromatic carbocycles. The van der Waals surface area contributed by atoms with Gasteiger partial charge in [0.05, 0.1) is 12.0 Å². The van der Waals surface area contributed by atoms with Gasteiger partial charge in [0.15, 0.2) is 0 Å². The van der Waals surface area contributed by atoms with Crippen LogP contribution in [0.5, 0.6) is 0 Å². The fourth-order valence-electron chi connectivity index (χ4n) is 4.77. The average molecular weight is 387 g/mol. The molecule has 1 aliphatic heterocycles. The van der Waals surface area contributed by atoms with E-state index in [9.17, 15) is 14.0 Å². The number of aryl methyl sites for hydroxylation is 1. The number of amides is 2. The molecule has 1 aromatic rings. The molecule has 2 saturated carbocycles. The molecule has 0 spiro atoms. The lowest BCUT2D eigenvalue weighted by Gasteiger charge is -2.41. The second-order valence-electron chi connectivity index (χ2n) is 8.96. The van der Waals surface area contributed by atoms with Crippen LogP contribution in [0.25, 0.3) is 0 Å². The highest BCUT2D eigenvalue weighted by molar-refractivity contribution is 5.83. The zero-order chi connectivity index (χ0) is 19.7. The van der Waals surface area contributed by atoms with Crippen LogP contribution in [0, 0.1) is 30.5 Å². The number of halogens is 1. The molecule has 5 heteroatoms. The Morgan fingerprint density at radius 2 is 1.82 bits per heavy atom. The molecule has 28 heavy (non-hydrogen) atoms. The lowest BCUT2D eigenvalue weighted by molar-refractivity contribution is -0.142. The van der Waals surface area contributed by atoms with Crippen LogP contribution in [0.2, 0.25) is 0 Å². The van der Waals surface area contributed by atoms with E-state index in [2.05, 4.69) is 5.32 Å². The van der Waals surface area contributed by atoms with Crippen LogP contribution in [-0.2, 0) is 9.59 Å².